The molecule has 0 N–H and O–H groups in total. The van der Waals surface area contributed by atoms with Crippen LogP contribution in [0, 0.1) is 0 Å². The minimum Gasteiger partial charge on any atom is -0.143 e. The van der Waals surface area contributed by atoms with Crippen LogP contribution in [0.3, 0.4) is 0 Å². The summed E-state index contributed by atoms with van der Waals surface area (Å²) in [6, 6.07) is 64.3. The molecule has 0 saturated heterocycles. The SMILES string of the molecule is C=C/C=C(\CC=C1C=CC1)CS/C(=C\CC)c1ccc(C2=CC=C(c3c(-c4ccccc4)c(-c4ccccc4)c(-c4ccc(/C(S)=C/C=C/c5ccc(-c6ccc7ccccc7c6)s5)cc4)c4ccccc34)CC=C2)s1.CC.CCC. The van der Waals surface area contributed by atoms with E-state index in [0.717, 1.165) is 47.5 Å². The zero-order chi connectivity index (χ0) is 56.3. The Morgan fingerprint density at radius 3 is 1.89 bits per heavy atom. The van der Waals surface area contributed by atoms with E-state index in [1.165, 1.54) is 114 Å². The van der Waals surface area contributed by atoms with Gasteiger partial charge in [-0.1, -0.05) is 266 Å². The number of allylic oxidation sites excluding steroid dienone is 15. The fourth-order valence-corrected chi connectivity index (χ4v) is 13.6. The smallest absolute Gasteiger partial charge is 0.0409 e. The quantitative estimate of drug-likeness (QED) is 0.0700. The second kappa shape index (κ2) is 29.3. The van der Waals surface area contributed by atoms with Crippen molar-refractivity contribution in [3.8, 4) is 43.8 Å². The van der Waals surface area contributed by atoms with Crippen molar-refractivity contribution in [2.45, 2.75) is 66.7 Å². The van der Waals surface area contributed by atoms with E-state index in [1.54, 1.807) is 11.3 Å². The van der Waals surface area contributed by atoms with E-state index in [1.807, 2.05) is 43.0 Å². The molecule has 404 valence electrons. The number of hydrogen-bond acceptors (Lipinski definition) is 4. The van der Waals surface area contributed by atoms with Crippen LogP contribution >= 0.6 is 47.1 Å². The van der Waals surface area contributed by atoms with Gasteiger partial charge in [0, 0.05) is 35.1 Å². The molecule has 0 nitrogen and oxygen atoms in total. The van der Waals surface area contributed by atoms with E-state index in [0.29, 0.717) is 0 Å². The Morgan fingerprint density at radius 2 is 1.21 bits per heavy atom. The highest BCUT2D eigenvalue weighted by Crippen LogP contribution is 2.50. The Balaban J connectivity index is 0.00000153. The normalized spacial score (nSPS) is 14.0. The molecule has 81 heavy (non-hydrogen) atoms. The molecule has 0 radical (unpaired) electrons. The summed E-state index contributed by atoms with van der Waals surface area (Å²) in [6.45, 7) is 14.5. The van der Waals surface area contributed by atoms with Gasteiger partial charge in [0.15, 0.2) is 0 Å². The van der Waals surface area contributed by atoms with Crippen molar-refractivity contribution in [2.24, 2.45) is 0 Å². The third-order valence-corrected chi connectivity index (χ3v) is 18.0. The molecule has 0 unspecified atom stereocenters. The Morgan fingerprint density at radius 1 is 0.593 bits per heavy atom. The van der Waals surface area contributed by atoms with Gasteiger partial charge in [0.25, 0.3) is 0 Å². The first-order valence-electron chi connectivity index (χ1n) is 28.6. The molecule has 0 amide bonds. The average Bonchev–Trinajstić information content (AvgIpc) is 4.20. The number of thioether (sulfide) groups is 1. The molecular weight excluding hydrogens is 1050 g/mol. The van der Waals surface area contributed by atoms with Gasteiger partial charge in [-0.25, -0.2) is 0 Å². The van der Waals surface area contributed by atoms with Crippen LogP contribution in [0.4, 0.5) is 0 Å². The van der Waals surface area contributed by atoms with Gasteiger partial charge in [-0.2, -0.15) is 0 Å². The van der Waals surface area contributed by atoms with Crippen LogP contribution < -0.4 is 0 Å². The fraction of sp³-hybridized carbons (Fsp3) is 0.143. The molecule has 2 aromatic heterocycles. The molecule has 0 aliphatic heterocycles. The van der Waals surface area contributed by atoms with E-state index in [9.17, 15) is 0 Å². The van der Waals surface area contributed by atoms with Gasteiger partial charge < -0.3 is 0 Å². The molecule has 4 heteroatoms. The van der Waals surface area contributed by atoms with Crippen LogP contribution in [0.5, 0.6) is 0 Å². The maximum absolute atomic E-state index is 5.04. The summed E-state index contributed by atoms with van der Waals surface area (Å²) in [7, 11) is 0. The van der Waals surface area contributed by atoms with Crippen LogP contribution in [0.15, 0.2) is 267 Å². The first kappa shape index (κ1) is 58.2. The first-order chi connectivity index (χ1) is 39.9. The largest absolute Gasteiger partial charge is 0.143 e. The Hall–Kier alpha value is -7.44. The highest BCUT2D eigenvalue weighted by molar-refractivity contribution is 8.08. The van der Waals surface area contributed by atoms with Crippen molar-refractivity contribution in [1.29, 1.82) is 0 Å². The molecule has 0 atom stereocenters. The molecular formula is C77H72S4. The Bertz CT molecular complexity index is 3890. The van der Waals surface area contributed by atoms with Gasteiger partial charge in [0.2, 0.25) is 0 Å². The van der Waals surface area contributed by atoms with Crippen LogP contribution in [-0.2, 0) is 0 Å². The molecule has 11 rings (SSSR count). The Kier molecular flexibility index (Phi) is 21.1. The monoisotopic (exact) mass is 1120 g/mol. The predicted octanol–water partition coefficient (Wildman–Crippen LogP) is 24.5. The number of thiol groups is 1. The minimum absolute atomic E-state index is 0.801. The molecule has 7 aromatic carbocycles. The third-order valence-electron chi connectivity index (χ3n) is 14.0. The summed E-state index contributed by atoms with van der Waals surface area (Å²) in [5.74, 6) is 0.942. The topological polar surface area (TPSA) is 0 Å². The maximum atomic E-state index is 5.04. The van der Waals surface area contributed by atoms with Gasteiger partial charge in [-0.05, 0) is 157 Å². The van der Waals surface area contributed by atoms with Crippen LogP contribution in [0.2, 0.25) is 0 Å². The summed E-state index contributed by atoms with van der Waals surface area (Å²) in [6.07, 6.45) is 34.2. The fourth-order valence-electron chi connectivity index (χ4n) is 10.1. The summed E-state index contributed by atoms with van der Waals surface area (Å²) in [5, 5.41) is 4.99. The van der Waals surface area contributed by atoms with Crippen LogP contribution in [0.1, 0.15) is 92.5 Å². The molecule has 2 aliphatic carbocycles. The molecule has 0 bridgehead atoms. The van der Waals surface area contributed by atoms with Crippen molar-refractivity contribution in [2.75, 3.05) is 5.75 Å². The lowest BCUT2D eigenvalue weighted by atomic mass is 9.78. The van der Waals surface area contributed by atoms with Crippen LogP contribution in [0.25, 0.3) is 92.4 Å². The van der Waals surface area contributed by atoms with E-state index >= 15 is 0 Å². The Labute approximate surface area is 500 Å². The third kappa shape index (κ3) is 14.4. The van der Waals surface area contributed by atoms with Crippen molar-refractivity contribution in [3.63, 3.8) is 0 Å². The van der Waals surface area contributed by atoms with Gasteiger partial charge in [0.1, 0.15) is 0 Å². The van der Waals surface area contributed by atoms with Crippen molar-refractivity contribution < 1.29 is 0 Å². The summed E-state index contributed by atoms with van der Waals surface area (Å²) < 4.78 is 0. The van der Waals surface area contributed by atoms with Crippen molar-refractivity contribution >= 4 is 95.6 Å². The lowest BCUT2D eigenvalue weighted by Gasteiger charge is -2.25. The highest BCUT2D eigenvalue weighted by Gasteiger charge is 2.25. The highest BCUT2D eigenvalue weighted by atomic mass is 32.2. The van der Waals surface area contributed by atoms with Gasteiger partial charge >= 0.3 is 0 Å². The lowest BCUT2D eigenvalue weighted by molar-refractivity contribution is 1.09. The van der Waals surface area contributed by atoms with E-state index in [2.05, 4.69) is 276 Å². The van der Waals surface area contributed by atoms with Gasteiger partial charge in [0.05, 0.1) is 0 Å². The number of fused-ring (bicyclic) bond motifs is 2. The van der Waals surface area contributed by atoms with E-state index in [4.69, 9.17) is 12.6 Å². The standard InChI is InChI=1S/C72H58S4.C3H8.C2H6/c1-3-18-51(35-34-50-20-15-21-50)49-74-67(19-4-2)68-47-46-65(76-68)54-28-16-29-57(42-39-54)69-62-31-13-14-32-63(62)70(72(56-25-9-6-10-26-56)71(69)55-23-7-5-8-24-55)58-40-37-53(38-41-58)64(73)33-17-30-61-44-45-66(75-61)60-43-36-52-22-11-12-27-59(52)48-60;1-3-2;1-2/h3,5-20,22-28,30-34,36-48,73H,1,4,21,29,35,49H2,2H3;3H2,1-2H3;1-2H3/b30-17+,50-34?,51-18+,64-33-,67-19-;;. The molecule has 9 aromatic rings. The number of thiophene rings is 2. The molecule has 0 spiro atoms. The predicted molar refractivity (Wildman–Crippen MR) is 370 cm³/mol. The molecule has 0 fully saturated rings. The van der Waals surface area contributed by atoms with Gasteiger partial charge in [-0.15, -0.1) is 47.1 Å². The molecule has 2 aliphatic rings. The number of benzene rings is 7. The lowest BCUT2D eigenvalue weighted by Crippen LogP contribution is -2.00. The zero-order valence-electron chi connectivity index (χ0n) is 47.4. The summed E-state index contributed by atoms with van der Waals surface area (Å²) >= 11 is 10.7. The second-order valence-electron chi connectivity index (χ2n) is 19.7. The average molecular weight is 1130 g/mol. The first-order valence-corrected chi connectivity index (χ1v) is 31.6. The van der Waals surface area contributed by atoms with Crippen molar-refractivity contribution in [3.05, 3.63) is 292 Å². The summed E-state index contributed by atoms with van der Waals surface area (Å²) in [4.78, 5) is 7.31. The zero-order valence-corrected chi connectivity index (χ0v) is 50.7. The molecule has 0 saturated carbocycles. The maximum Gasteiger partial charge on any atom is 0.0409 e. The summed E-state index contributed by atoms with van der Waals surface area (Å²) in [5.41, 5.74) is 16.2. The van der Waals surface area contributed by atoms with Crippen molar-refractivity contribution in [1.82, 2.24) is 0 Å². The minimum atomic E-state index is 0.801. The van der Waals surface area contributed by atoms with E-state index in [-0.39, 0.29) is 0 Å². The van der Waals surface area contributed by atoms with Crippen LogP contribution in [-0.4, -0.2) is 5.75 Å². The number of rotatable bonds is 17. The van der Waals surface area contributed by atoms with E-state index < -0.39 is 0 Å². The number of hydrogen-bond donors (Lipinski definition) is 1. The molecule has 2 heterocycles. The second-order valence-corrected chi connectivity index (χ2v) is 23.4. The van der Waals surface area contributed by atoms with Gasteiger partial charge in [-0.3, -0.25) is 0 Å².